The fourth-order valence-corrected chi connectivity index (χ4v) is 0.981. The Labute approximate surface area is 90.9 Å². The van der Waals surface area contributed by atoms with Crippen molar-refractivity contribution in [3.63, 3.8) is 0 Å². The summed E-state index contributed by atoms with van der Waals surface area (Å²) in [5.41, 5.74) is 0. The molecule has 1 rings (SSSR count). The van der Waals surface area contributed by atoms with Gasteiger partial charge in [-0.1, -0.05) is 0 Å². The minimum absolute atomic E-state index is 0.00818. The summed E-state index contributed by atoms with van der Waals surface area (Å²) in [7, 11) is 0. The van der Waals surface area contributed by atoms with E-state index in [1.807, 2.05) is 6.92 Å². The number of hydrogen-bond donors (Lipinski definition) is 3. The van der Waals surface area contributed by atoms with Crippen LogP contribution in [0.4, 0.5) is 11.9 Å². The molecule has 82 valence electrons. The molecule has 0 radical (unpaired) electrons. The molecule has 0 saturated carbocycles. The molecule has 1 aromatic heterocycles. The van der Waals surface area contributed by atoms with E-state index in [0.29, 0.717) is 12.5 Å². The fraction of sp³-hybridized carbons (Fsp3) is 0.429. The molecule has 0 aromatic carbocycles. The number of aromatic nitrogens is 3. The Morgan fingerprint density at radius 2 is 1.93 bits per heavy atom. The summed E-state index contributed by atoms with van der Waals surface area (Å²) in [4.78, 5) is 21.7. The highest BCUT2D eigenvalue weighted by Crippen LogP contribution is 2.08. The molecule has 8 heteroatoms. The van der Waals surface area contributed by atoms with Gasteiger partial charge < -0.3 is 15.7 Å². The van der Waals surface area contributed by atoms with Crippen LogP contribution < -0.4 is 10.6 Å². The maximum Gasteiger partial charge on any atom is 0.322 e. The maximum absolute atomic E-state index is 10.3. The van der Waals surface area contributed by atoms with Crippen molar-refractivity contribution in [2.24, 2.45) is 0 Å². The quantitative estimate of drug-likeness (QED) is 0.677. The summed E-state index contributed by atoms with van der Waals surface area (Å²) in [6.07, 6.45) is 0. The van der Waals surface area contributed by atoms with Crippen LogP contribution >= 0.6 is 11.6 Å². The van der Waals surface area contributed by atoms with E-state index in [1.54, 1.807) is 0 Å². The van der Waals surface area contributed by atoms with Crippen LogP contribution in [0.5, 0.6) is 0 Å². The van der Waals surface area contributed by atoms with E-state index in [-0.39, 0.29) is 17.8 Å². The topological polar surface area (TPSA) is 100 Å². The van der Waals surface area contributed by atoms with Gasteiger partial charge in [0.15, 0.2) is 0 Å². The van der Waals surface area contributed by atoms with Crippen LogP contribution in [0.3, 0.4) is 0 Å². The van der Waals surface area contributed by atoms with E-state index in [2.05, 4.69) is 25.6 Å². The largest absolute Gasteiger partial charge is 0.480 e. The Bertz CT molecular complexity index is 359. The number of carboxylic acid groups (broad SMARTS) is 1. The van der Waals surface area contributed by atoms with E-state index in [1.165, 1.54) is 0 Å². The highest BCUT2D eigenvalue weighted by Gasteiger charge is 2.04. The van der Waals surface area contributed by atoms with Gasteiger partial charge in [-0.2, -0.15) is 15.0 Å². The first-order valence-corrected chi connectivity index (χ1v) is 4.60. The van der Waals surface area contributed by atoms with Gasteiger partial charge in [-0.3, -0.25) is 4.79 Å². The molecular formula is C7H10ClN5O2. The minimum atomic E-state index is -1.00. The van der Waals surface area contributed by atoms with Crippen LogP contribution in [-0.4, -0.2) is 39.1 Å². The smallest absolute Gasteiger partial charge is 0.322 e. The van der Waals surface area contributed by atoms with E-state index >= 15 is 0 Å². The zero-order valence-corrected chi connectivity index (χ0v) is 8.75. The lowest BCUT2D eigenvalue weighted by Crippen LogP contribution is -2.15. The maximum atomic E-state index is 10.3. The molecule has 0 amide bonds. The van der Waals surface area contributed by atoms with E-state index in [9.17, 15) is 4.79 Å². The van der Waals surface area contributed by atoms with Gasteiger partial charge in [0, 0.05) is 6.54 Å². The molecule has 1 aromatic rings. The third-order valence-corrected chi connectivity index (χ3v) is 1.51. The lowest BCUT2D eigenvalue weighted by Gasteiger charge is -2.05. The van der Waals surface area contributed by atoms with Crippen LogP contribution in [0.2, 0.25) is 5.28 Å². The lowest BCUT2D eigenvalue weighted by molar-refractivity contribution is -0.134. The number of aliphatic carboxylic acids is 1. The number of anilines is 2. The van der Waals surface area contributed by atoms with Crippen molar-refractivity contribution in [2.45, 2.75) is 6.92 Å². The zero-order chi connectivity index (χ0) is 11.3. The Kier molecular flexibility index (Phi) is 4.04. The standard InChI is InChI=1S/C7H10ClN5O2/c1-2-9-6-11-5(8)12-7(13-6)10-3-4(14)15/h2-3H2,1H3,(H,14,15)(H2,9,10,11,12,13). The van der Waals surface area contributed by atoms with Gasteiger partial charge >= 0.3 is 5.97 Å². The first kappa shape index (κ1) is 11.4. The van der Waals surface area contributed by atoms with Crippen LogP contribution in [0.15, 0.2) is 0 Å². The number of carboxylic acids is 1. The third-order valence-electron chi connectivity index (χ3n) is 1.34. The first-order chi connectivity index (χ1) is 7.11. The van der Waals surface area contributed by atoms with Crippen molar-refractivity contribution in [1.29, 1.82) is 0 Å². The summed E-state index contributed by atoms with van der Waals surface area (Å²) in [6.45, 7) is 2.24. The summed E-state index contributed by atoms with van der Waals surface area (Å²) in [6, 6.07) is 0. The predicted octanol–water partition coefficient (Wildman–Crippen LogP) is 0.453. The summed E-state index contributed by atoms with van der Waals surface area (Å²) >= 11 is 5.61. The molecule has 0 aliphatic heterocycles. The van der Waals surface area contributed by atoms with Crippen LogP contribution in [0, 0.1) is 0 Å². The van der Waals surface area contributed by atoms with E-state index in [0.717, 1.165) is 0 Å². The molecule has 0 saturated heterocycles. The van der Waals surface area contributed by atoms with Gasteiger partial charge in [-0.25, -0.2) is 0 Å². The minimum Gasteiger partial charge on any atom is -0.480 e. The van der Waals surface area contributed by atoms with Gasteiger partial charge in [-0.15, -0.1) is 0 Å². The number of rotatable bonds is 5. The van der Waals surface area contributed by atoms with Crippen molar-refractivity contribution >= 4 is 29.5 Å². The summed E-state index contributed by atoms with van der Waals surface area (Å²) in [5, 5.41) is 13.8. The zero-order valence-electron chi connectivity index (χ0n) is 7.99. The van der Waals surface area contributed by atoms with Crippen LogP contribution in [-0.2, 0) is 4.79 Å². The normalized spacial score (nSPS) is 9.73. The molecule has 0 aliphatic carbocycles. The lowest BCUT2D eigenvalue weighted by atomic mass is 10.6. The summed E-state index contributed by atoms with van der Waals surface area (Å²) < 4.78 is 0. The predicted molar refractivity (Wildman–Crippen MR) is 55.1 cm³/mol. The van der Waals surface area contributed by atoms with Gasteiger partial charge in [0.2, 0.25) is 17.2 Å². The van der Waals surface area contributed by atoms with Crippen LogP contribution in [0.25, 0.3) is 0 Å². The Hall–Kier alpha value is -1.63. The van der Waals surface area contributed by atoms with Gasteiger partial charge in [0.25, 0.3) is 0 Å². The average Bonchev–Trinajstić information content (AvgIpc) is 2.14. The Morgan fingerprint density at radius 3 is 2.47 bits per heavy atom. The van der Waals surface area contributed by atoms with Gasteiger partial charge in [-0.05, 0) is 18.5 Å². The van der Waals surface area contributed by atoms with E-state index < -0.39 is 5.97 Å². The van der Waals surface area contributed by atoms with Gasteiger partial charge in [0.05, 0.1) is 0 Å². The second kappa shape index (κ2) is 5.30. The molecule has 1 heterocycles. The molecule has 0 bridgehead atoms. The van der Waals surface area contributed by atoms with Gasteiger partial charge in [0.1, 0.15) is 6.54 Å². The monoisotopic (exact) mass is 231 g/mol. The van der Waals surface area contributed by atoms with Crippen molar-refractivity contribution in [2.75, 3.05) is 23.7 Å². The molecule has 3 N–H and O–H groups in total. The molecule has 15 heavy (non-hydrogen) atoms. The number of nitrogens with one attached hydrogen (secondary N) is 2. The van der Waals surface area contributed by atoms with Crippen molar-refractivity contribution in [1.82, 2.24) is 15.0 Å². The highest BCUT2D eigenvalue weighted by molar-refractivity contribution is 6.28. The van der Waals surface area contributed by atoms with Crippen molar-refractivity contribution in [3.05, 3.63) is 5.28 Å². The number of halogens is 1. The molecule has 0 fully saturated rings. The number of nitrogens with zero attached hydrogens (tertiary/aromatic N) is 3. The average molecular weight is 232 g/mol. The second-order valence-corrected chi connectivity index (χ2v) is 2.87. The van der Waals surface area contributed by atoms with Crippen molar-refractivity contribution in [3.8, 4) is 0 Å². The molecule has 0 spiro atoms. The molecule has 0 unspecified atom stereocenters. The van der Waals surface area contributed by atoms with Crippen molar-refractivity contribution < 1.29 is 9.90 Å². The fourth-order valence-electron chi connectivity index (χ4n) is 0.821. The number of hydrogen-bond acceptors (Lipinski definition) is 6. The molecule has 0 atom stereocenters. The highest BCUT2D eigenvalue weighted by atomic mass is 35.5. The number of carbonyl (C=O) groups is 1. The van der Waals surface area contributed by atoms with Crippen LogP contribution in [0.1, 0.15) is 6.92 Å². The molecular weight excluding hydrogens is 222 g/mol. The van der Waals surface area contributed by atoms with E-state index in [4.69, 9.17) is 16.7 Å². The molecule has 0 aliphatic rings. The third kappa shape index (κ3) is 3.94. The molecule has 7 nitrogen and oxygen atoms in total. The second-order valence-electron chi connectivity index (χ2n) is 2.53. The Morgan fingerprint density at radius 1 is 1.33 bits per heavy atom. The SMILES string of the molecule is CCNc1nc(Cl)nc(NCC(=O)O)n1. The first-order valence-electron chi connectivity index (χ1n) is 4.23. The summed E-state index contributed by atoms with van der Waals surface area (Å²) in [5.74, 6) is -0.560. The Balaban J connectivity index is 2.74.